The number of pyridine rings is 1. The van der Waals surface area contributed by atoms with Crippen molar-refractivity contribution < 1.29 is 18.9 Å². The minimum absolute atomic E-state index is 0. The van der Waals surface area contributed by atoms with Crippen LogP contribution in [0.25, 0.3) is 6.08 Å². The number of aromatic nitrogens is 1. The summed E-state index contributed by atoms with van der Waals surface area (Å²) >= 11 is 0. The van der Waals surface area contributed by atoms with Gasteiger partial charge in [-0.3, -0.25) is 4.98 Å². The monoisotopic (exact) mass is 179 g/mol. The first-order valence-corrected chi connectivity index (χ1v) is 4.14. The third-order valence-corrected chi connectivity index (χ3v) is 1.87. The summed E-state index contributed by atoms with van der Waals surface area (Å²) < 4.78 is 0. The van der Waals surface area contributed by atoms with E-state index in [1.165, 1.54) is 0 Å². The van der Waals surface area contributed by atoms with E-state index in [1.54, 1.807) is 6.34 Å². The summed E-state index contributed by atoms with van der Waals surface area (Å²) in [5.41, 5.74) is 0.976. The molecule has 2 heterocycles. The van der Waals surface area contributed by atoms with Crippen molar-refractivity contribution in [3.63, 3.8) is 0 Å². The van der Waals surface area contributed by atoms with Crippen molar-refractivity contribution in [3.8, 4) is 0 Å². The molecule has 14 heavy (non-hydrogen) atoms. The second-order valence-electron chi connectivity index (χ2n) is 3.04. The predicted molar refractivity (Wildman–Crippen MR) is 51.6 cm³/mol. The molecule has 1 aliphatic heterocycles. The van der Waals surface area contributed by atoms with E-state index in [0.717, 1.165) is 22.3 Å². The molecule has 0 fully saturated rings. The Bertz CT molecular complexity index is 465. The van der Waals surface area contributed by atoms with E-state index in [9.17, 15) is 0 Å². The van der Waals surface area contributed by atoms with Crippen LogP contribution in [0.2, 0.25) is 0 Å². The Morgan fingerprint density at radius 2 is 2.14 bits per heavy atom. The van der Waals surface area contributed by atoms with Gasteiger partial charge in [0.25, 0.3) is 0 Å². The van der Waals surface area contributed by atoms with E-state index in [0.29, 0.717) is 0 Å². The van der Waals surface area contributed by atoms with Crippen LogP contribution >= 0.6 is 0 Å². The van der Waals surface area contributed by atoms with E-state index in [-0.39, 0.29) is 18.9 Å². The first-order chi connectivity index (χ1) is 6.25. The second-order valence-corrected chi connectivity index (χ2v) is 3.04. The molecule has 66 valence electrons. The number of nitrogens with zero attached hydrogens (tertiary/aromatic N) is 3. The van der Waals surface area contributed by atoms with E-state index < -0.39 is 0 Å². The van der Waals surface area contributed by atoms with Gasteiger partial charge in [0.15, 0.2) is 0 Å². The van der Waals surface area contributed by atoms with Crippen LogP contribution in [0.15, 0.2) is 22.2 Å². The zero-order valence-corrected chi connectivity index (χ0v) is 8.65. The van der Waals surface area contributed by atoms with Gasteiger partial charge >= 0.3 is 18.9 Å². The van der Waals surface area contributed by atoms with Crippen LogP contribution in [-0.4, -0.2) is 11.3 Å². The maximum absolute atomic E-state index is 4.21. The van der Waals surface area contributed by atoms with E-state index in [4.69, 9.17) is 0 Å². The number of aliphatic imine (C=N–C) groups is 1. The summed E-state index contributed by atoms with van der Waals surface area (Å²) in [6, 6.07) is 2.91. The molecule has 2 rings (SSSR count). The van der Waals surface area contributed by atoms with Crippen molar-refractivity contribution in [2.75, 3.05) is 0 Å². The van der Waals surface area contributed by atoms with Crippen LogP contribution in [0.1, 0.15) is 12.6 Å². The molecule has 1 aromatic heterocycles. The van der Waals surface area contributed by atoms with Gasteiger partial charge in [0.1, 0.15) is 0 Å². The summed E-state index contributed by atoms with van der Waals surface area (Å²) in [7, 11) is 0. The Balaban J connectivity index is 0.000000980. The molecule has 0 radical (unpaired) electrons. The SMILES string of the molecule is Cc1cc2c(cn1)=C[C-](C)N=CN=2.[Li+]. The van der Waals surface area contributed by atoms with Crippen LogP contribution < -0.4 is 29.4 Å². The van der Waals surface area contributed by atoms with Crippen LogP contribution in [0.3, 0.4) is 0 Å². The van der Waals surface area contributed by atoms with Crippen LogP contribution in [-0.2, 0) is 0 Å². The van der Waals surface area contributed by atoms with Crippen molar-refractivity contribution in [3.05, 3.63) is 34.6 Å². The third-order valence-electron chi connectivity index (χ3n) is 1.87. The van der Waals surface area contributed by atoms with Gasteiger partial charge in [0, 0.05) is 17.4 Å². The minimum Gasteiger partial charge on any atom is -0.368 e. The quantitative estimate of drug-likeness (QED) is 0.317. The standard InChI is InChI=1S/C10H10N3.Li/c1-7-3-9-5-11-8(2)4-10(9)13-6-12-7;/h3-6H,1-2H3;/q-1;+1. The van der Waals surface area contributed by atoms with Gasteiger partial charge in [-0.1, -0.05) is 18.2 Å². The zero-order valence-electron chi connectivity index (χ0n) is 8.65. The molecule has 3 nitrogen and oxygen atoms in total. The molecule has 0 unspecified atom stereocenters. The fraction of sp³-hybridized carbons (Fsp3) is 0.200. The molecule has 1 aromatic rings. The van der Waals surface area contributed by atoms with Gasteiger partial charge in [-0.15, -0.1) is 6.08 Å². The summed E-state index contributed by atoms with van der Waals surface area (Å²) in [5, 5.41) is 1.97. The average molecular weight is 179 g/mol. The topological polar surface area (TPSA) is 37.6 Å². The van der Waals surface area contributed by atoms with Gasteiger partial charge in [-0.25, -0.2) is 0 Å². The predicted octanol–water partition coefficient (Wildman–Crippen LogP) is -2.61. The first kappa shape index (κ1) is 11.0. The molecule has 0 amide bonds. The molecule has 0 atom stereocenters. The fourth-order valence-electron chi connectivity index (χ4n) is 1.22. The Kier molecular flexibility index (Phi) is 3.51. The van der Waals surface area contributed by atoms with Crippen LogP contribution in [0.4, 0.5) is 0 Å². The van der Waals surface area contributed by atoms with Crippen molar-refractivity contribution in [1.29, 1.82) is 0 Å². The summed E-state index contributed by atoms with van der Waals surface area (Å²) in [6.07, 6.45) is 5.39. The van der Waals surface area contributed by atoms with Gasteiger partial charge in [0.05, 0.1) is 0 Å². The van der Waals surface area contributed by atoms with Gasteiger partial charge in [0.2, 0.25) is 0 Å². The van der Waals surface area contributed by atoms with Crippen molar-refractivity contribution in [2.45, 2.75) is 13.8 Å². The van der Waals surface area contributed by atoms with Crippen molar-refractivity contribution >= 4 is 12.4 Å². The van der Waals surface area contributed by atoms with Gasteiger partial charge in [-0.05, 0) is 19.2 Å². The summed E-state index contributed by atoms with van der Waals surface area (Å²) in [4.78, 5) is 12.5. The largest absolute Gasteiger partial charge is 1.00 e. The molecule has 0 spiro atoms. The molecule has 0 saturated heterocycles. The Labute approximate surface area is 94.9 Å². The van der Waals surface area contributed by atoms with E-state index in [1.807, 2.05) is 32.2 Å². The van der Waals surface area contributed by atoms with E-state index in [2.05, 4.69) is 15.0 Å². The summed E-state index contributed by atoms with van der Waals surface area (Å²) in [5.74, 6) is 0. The Hall–Kier alpha value is -1.04. The molecular formula is C10H10LiN3. The molecule has 0 bridgehead atoms. The van der Waals surface area contributed by atoms with Gasteiger partial charge < -0.3 is 9.98 Å². The normalized spacial score (nSPS) is 13.1. The van der Waals surface area contributed by atoms with Crippen LogP contribution in [0.5, 0.6) is 0 Å². The maximum atomic E-state index is 4.21. The Morgan fingerprint density at radius 3 is 2.93 bits per heavy atom. The number of hydrogen-bond donors (Lipinski definition) is 0. The molecule has 0 aromatic carbocycles. The molecule has 1 aliphatic rings. The van der Waals surface area contributed by atoms with Crippen molar-refractivity contribution in [1.82, 2.24) is 4.98 Å². The van der Waals surface area contributed by atoms with Gasteiger partial charge in [-0.2, -0.15) is 0 Å². The Morgan fingerprint density at radius 1 is 1.36 bits per heavy atom. The number of rotatable bonds is 0. The fourth-order valence-corrected chi connectivity index (χ4v) is 1.22. The molecule has 0 aliphatic carbocycles. The average Bonchev–Trinajstić information content (AvgIpc) is 2.25. The maximum Gasteiger partial charge on any atom is 1.00 e. The number of fused-ring (bicyclic) bond motifs is 1. The first-order valence-electron chi connectivity index (χ1n) is 4.14. The van der Waals surface area contributed by atoms with Crippen LogP contribution in [0, 0.1) is 13.0 Å². The molecule has 4 heteroatoms. The van der Waals surface area contributed by atoms with Crippen molar-refractivity contribution in [2.24, 2.45) is 9.98 Å². The molecule has 0 N–H and O–H groups in total. The smallest absolute Gasteiger partial charge is 0.368 e. The number of aryl methyl sites for hydroxylation is 1. The number of hydrogen-bond acceptors (Lipinski definition) is 3. The molecular weight excluding hydrogens is 169 g/mol. The summed E-state index contributed by atoms with van der Waals surface area (Å²) in [6.45, 7) is 3.90. The molecule has 0 saturated carbocycles. The third kappa shape index (κ3) is 2.25. The zero-order chi connectivity index (χ0) is 9.26. The minimum atomic E-state index is 0. The van der Waals surface area contributed by atoms with E-state index >= 15 is 0 Å². The second kappa shape index (κ2) is 4.45.